The van der Waals surface area contributed by atoms with Crippen LogP contribution in [0.15, 0.2) is 4.52 Å². The lowest BCUT2D eigenvalue weighted by atomic mass is 10.3. The van der Waals surface area contributed by atoms with Crippen LogP contribution in [0.2, 0.25) is 0 Å². The van der Waals surface area contributed by atoms with Gasteiger partial charge in [0.25, 0.3) is 0 Å². The first kappa shape index (κ1) is 16.8. The van der Waals surface area contributed by atoms with Crippen molar-refractivity contribution in [3.63, 3.8) is 0 Å². The quantitative estimate of drug-likeness (QED) is 0.752. The molecule has 0 radical (unpaired) electrons. The van der Waals surface area contributed by atoms with Crippen molar-refractivity contribution < 1.29 is 14.1 Å². The topological polar surface area (TPSA) is 84.6 Å². The number of esters is 1. The van der Waals surface area contributed by atoms with Crippen molar-refractivity contribution in [3.05, 3.63) is 22.3 Å². The third-order valence-electron chi connectivity index (χ3n) is 3.82. The van der Waals surface area contributed by atoms with E-state index in [1.165, 1.54) is 11.3 Å². The second kappa shape index (κ2) is 7.27. The molecule has 1 aliphatic rings. The summed E-state index contributed by atoms with van der Waals surface area (Å²) in [6.45, 7) is 10.00. The number of rotatable bonds is 5. The SMILES string of the molecule is CCOC(=O)c1sc(N2CCN(Cc3noc(C)n3)CC2)nc1C. The average Bonchev–Trinajstić information content (AvgIpc) is 3.14. The van der Waals surface area contributed by atoms with Gasteiger partial charge >= 0.3 is 5.97 Å². The fourth-order valence-electron chi connectivity index (χ4n) is 2.61. The van der Waals surface area contributed by atoms with Crippen LogP contribution < -0.4 is 4.90 Å². The molecule has 0 bridgehead atoms. The Morgan fingerprint density at radius 3 is 2.62 bits per heavy atom. The zero-order chi connectivity index (χ0) is 17.1. The lowest BCUT2D eigenvalue weighted by Gasteiger charge is -2.33. The summed E-state index contributed by atoms with van der Waals surface area (Å²) in [6.07, 6.45) is 0. The third kappa shape index (κ3) is 3.73. The predicted octanol–water partition coefficient (Wildman–Crippen LogP) is 1.64. The molecule has 0 amide bonds. The van der Waals surface area contributed by atoms with Gasteiger partial charge in [-0.15, -0.1) is 0 Å². The molecule has 130 valence electrons. The summed E-state index contributed by atoms with van der Waals surface area (Å²) in [6, 6.07) is 0. The molecule has 1 saturated heterocycles. The smallest absolute Gasteiger partial charge is 0.350 e. The van der Waals surface area contributed by atoms with Crippen molar-refractivity contribution in [2.75, 3.05) is 37.7 Å². The zero-order valence-corrected chi connectivity index (χ0v) is 14.9. The van der Waals surface area contributed by atoms with Crippen LogP contribution in [0.4, 0.5) is 5.13 Å². The van der Waals surface area contributed by atoms with Gasteiger partial charge in [-0.1, -0.05) is 16.5 Å². The monoisotopic (exact) mass is 351 g/mol. The lowest BCUT2D eigenvalue weighted by molar-refractivity contribution is 0.0531. The molecule has 0 aromatic carbocycles. The number of aryl methyl sites for hydroxylation is 2. The van der Waals surface area contributed by atoms with Gasteiger partial charge in [0.2, 0.25) is 5.89 Å². The maximum Gasteiger partial charge on any atom is 0.350 e. The van der Waals surface area contributed by atoms with Gasteiger partial charge in [-0.05, 0) is 13.8 Å². The van der Waals surface area contributed by atoms with Gasteiger partial charge in [0.1, 0.15) is 4.88 Å². The largest absolute Gasteiger partial charge is 0.462 e. The van der Waals surface area contributed by atoms with Crippen LogP contribution in [0.5, 0.6) is 0 Å². The molecule has 9 heteroatoms. The highest BCUT2D eigenvalue weighted by Gasteiger charge is 2.23. The van der Waals surface area contributed by atoms with Crippen LogP contribution in [0.25, 0.3) is 0 Å². The van der Waals surface area contributed by atoms with Gasteiger partial charge in [0, 0.05) is 33.1 Å². The predicted molar refractivity (Wildman–Crippen MR) is 89.3 cm³/mol. The van der Waals surface area contributed by atoms with E-state index in [1.54, 1.807) is 13.8 Å². The Labute approximate surface area is 144 Å². The Morgan fingerprint density at radius 1 is 1.25 bits per heavy atom. The summed E-state index contributed by atoms with van der Waals surface area (Å²) in [4.78, 5) is 25.8. The van der Waals surface area contributed by atoms with Crippen LogP contribution in [0, 0.1) is 13.8 Å². The van der Waals surface area contributed by atoms with Gasteiger partial charge in [-0.25, -0.2) is 9.78 Å². The van der Waals surface area contributed by atoms with Crippen LogP contribution in [0.3, 0.4) is 0 Å². The van der Waals surface area contributed by atoms with Gasteiger partial charge in [0.05, 0.1) is 18.8 Å². The molecule has 0 atom stereocenters. The Balaban J connectivity index is 1.58. The van der Waals surface area contributed by atoms with E-state index in [0.717, 1.165) is 42.8 Å². The van der Waals surface area contributed by atoms with E-state index in [0.29, 0.717) is 23.9 Å². The van der Waals surface area contributed by atoms with Gasteiger partial charge in [0.15, 0.2) is 11.0 Å². The Kier molecular flexibility index (Phi) is 5.10. The second-order valence-electron chi connectivity index (χ2n) is 5.62. The molecule has 1 fully saturated rings. The van der Waals surface area contributed by atoms with E-state index in [-0.39, 0.29) is 5.97 Å². The molecule has 1 aliphatic heterocycles. The van der Waals surface area contributed by atoms with Gasteiger partial charge < -0.3 is 14.2 Å². The number of ether oxygens (including phenoxy) is 1. The van der Waals surface area contributed by atoms with Crippen LogP contribution in [-0.2, 0) is 11.3 Å². The van der Waals surface area contributed by atoms with Gasteiger partial charge in [-0.3, -0.25) is 4.90 Å². The number of carbonyl (C=O) groups excluding carboxylic acids is 1. The number of anilines is 1. The van der Waals surface area contributed by atoms with Crippen molar-refractivity contribution in [1.82, 2.24) is 20.0 Å². The van der Waals surface area contributed by atoms with Crippen molar-refractivity contribution in [2.45, 2.75) is 27.3 Å². The minimum Gasteiger partial charge on any atom is -0.462 e. The summed E-state index contributed by atoms with van der Waals surface area (Å²) in [7, 11) is 0. The number of carbonyl (C=O) groups is 1. The Morgan fingerprint density at radius 2 is 2.00 bits per heavy atom. The van der Waals surface area contributed by atoms with E-state index in [2.05, 4.69) is 24.9 Å². The van der Waals surface area contributed by atoms with E-state index in [4.69, 9.17) is 9.26 Å². The summed E-state index contributed by atoms with van der Waals surface area (Å²) in [5.74, 6) is 1.02. The van der Waals surface area contributed by atoms with E-state index < -0.39 is 0 Å². The van der Waals surface area contributed by atoms with Crippen LogP contribution >= 0.6 is 11.3 Å². The van der Waals surface area contributed by atoms with Crippen molar-refractivity contribution >= 4 is 22.4 Å². The summed E-state index contributed by atoms with van der Waals surface area (Å²) in [5.41, 5.74) is 0.734. The molecule has 0 unspecified atom stereocenters. The zero-order valence-electron chi connectivity index (χ0n) is 14.1. The Bertz CT molecular complexity index is 706. The highest BCUT2D eigenvalue weighted by molar-refractivity contribution is 7.17. The van der Waals surface area contributed by atoms with Crippen molar-refractivity contribution in [3.8, 4) is 0 Å². The average molecular weight is 351 g/mol. The molecule has 8 nitrogen and oxygen atoms in total. The fraction of sp³-hybridized carbons (Fsp3) is 0.600. The van der Waals surface area contributed by atoms with E-state index in [9.17, 15) is 4.79 Å². The molecular formula is C15H21N5O3S. The molecular weight excluding hydrogens is 330 g/mol. The highest BCUT2D eigenvalue weighted by Crippen LogP contribution is 2.27. The number of hydrogen-bond acceptors (Lipinski definition) is 9. The maximum absolute atomic E-state index is 11.9. The lowest BCUT2D eigenvalue weighted by Crippen LogP contribution is -2.46. The molecule has 0 aliphatic carbocycles. The van der Waals surface area contributed by atoms with Crippen LogP contribution in [0.1, 0.15) is 34.0 Å². The van der Waals surface area contributed by atoms with Gasteiger partial charge in [-0.2, -0.15) is 4.98 Å². The number of hydrogen-bond donors (Lipinski definition) is 0. The fourth-order valence-corrected chi connectivity index (χ4v) is 3.62. The molecule has 2 aromatic rings. The van der Waals surface area contributed by atoms with Crippen molar-refractivity contribution in [1.29, 1.82) is 0 Å². The van der Waals surface area contributed by atoms with Crippen LogP contribution in [-0.4, -0.2) is 58.8 Å². The van der Waals surface area contributed by atoms with E-state index in [1.807, 2.05) is 6.92 Å². The molecule has 2 aromatic heterocycles. The van der Waals surface area contributed by atoms with E-state index >= 15 is 0 Å². The number of thiazole rings is 1. The minimum atomic E-state index is -0.287. The van der Waals surface area contributed by atoms with Crippen molar-refractivity contribution in [2.24, 2.45) is 0 Å². The third-order valence-corrected chi connectivity index (χ3v) is 5.02. The summed E-state index contributed by atoms with van der Waals surface area (Å²) >= 11 is 1.40. The standard InChI is InChI=1S/C15H21N5O3S/c1-4-22-14(21)13-10(2)16-15(24-13)20-7-5-19(6-8-20)9-12-17-11(3)23-18-12/h4-9H2,1-3H3. The minimum absolute atomic E-state index is 0.287. The second-order valence-corrected chi connectivity index (χ2v) is 6.60. The molecule has 0 spiro atoms. The molecule has 0 saturated carbocycles. The molecule has 3 heterocycles. The number of nitrogens with zero attached hydrogens (tertiary/aromatic N) is 5. The highest BCUT2D eigenvalue weighted by atomic mass is 32.1. The first-order valence-electron chi connectivity index (χ1n) is 7.98. The molecule has 0 N–H and O–H groups in total. The molecule has 24 heavy (non-hydrogen) atoms. The maximum atomic E-state index is 11.9. The molecule has 3 rings (SSSR count). The first-order valence-corrected chi connectivity index (χ1v) is 8.79. The Hall–Kier alpha value is -2.00. The normalized spacial score (nSPS) is 15.7. The summed E-state index contributed by atoms with van der Waals surface area (Å²) in [5, 5.41) is 4.82. The summed E-state index contributed by atoms with van der Waals surface area (Å²) < 4.78 is 10.1. The first-order chi connectivity index (χ1) is 11.6. The number of aromatic nitrogens is 3. The number of piperazine rings is 1.